The number of aliphatic hydroxyl groups excluding tert-OH is 4. The van der Waals surface area contributed by atoms with Crippen molar-refractivity contribution in [1.29, 1.82) is 0 Å². The second-order valence-corrected chi connectivity index (χ2v) is 3.18. The Morgan fingerprint density at radius 2 is 1.83 bits per heavy atom. The van der Waals surface area contributed by atoms with Gasteiger partial charge in [0.15, 0.2) is 0 Å². The van der Waals surface area contributed by atoms with E-state index in [4.69, 9.17) is 5.11 Å². The van der Waals surface area contributed by atoms with Gasteiger partial charge in [0.05, 0.1) is 12.7 Å². The van der Waals surface area contributed by atoms with Crippen LogP contribution in [-0.4, -0.2) is 45.3 Å². The van der Waals surface area contributed by atoms with Crippen LogP contribution in [0.3, 0.4) is 0 Å². The highest BCUT2D eigenvalue weighted by atomic mass is 16.4. The van der Waals surface area contributed by atoms with E-state index in [1.807, 2.05) is 0 Å². The number of rotatable bonds is 1. The van der Waals surface area contributed by atoms with Crippen molar-refractivity contribution in [2.24, 2.45) is 5.92 Å². The van der Waals surface area contributed by atoms with Crippen LogP contribution in [0.25, 0.3) is 0 Å². The summed E-state index contributed by atoms with van der Waals surface area (Å²) >= 11 is 0. The molecule has 1 aliphatic carbocycles. The Hall–Kier alpha value is -0.420. The summed E-state index contributed by atoms with van der Waals surface area (Å²) in [5, 5.41) is 36.6. The minimum atomic E-state index is -1.19. The van der Waals surface area contributed by atoms with Gasteiger partial charge in [0.1, 0.15) is 12.2 Å². The summed E-state index contributed by atoms with van der Waals surface area (Å²) in [5.74, 6) is -0.231. The normalized spacial score (nSPS) is 42.6. The van der Waals surface area contributed by atoms with Crippen molar-refractivity contribution in [1.82, 2.24) is 0 Å². The van der Waals surface area contributed by atoms with E-state index in [-0.39, 0.29) is 12.5 Å². The van der Waals surface area contributed by atoms with E-state index in [0.717, 1.165) is 0 Å². The molecule has 0 aromatic heterocycles. The van der Waals surface area contributed by atoms with Crippen LogP contribution in [0.15, 0.2) is 11.6 Å². The van der Waals surface area contributed by atoms with Gasteiger partial charge in [-0.1, -0.05) is 13.0 Å². The standard InChI is InChI=1S/C8H14O4/c1-4-2-5(3-9)7(11)8(12)6(4)10/h2,4,6-12H,3H2,1H3/t4-,6-,7+,8?/m0/s1. The van der Waals surface area contributed by atoms with Gasteiger partial charge >= 0.3 is 0 Å². The minimum absolute atomic E-state index is 0.231. The molecule has 0 amide bonds. The molecule has 1 rings (SSSR count). The minimum Gasteiger partial charge on any atom is -0.392 e. The molecule has 4 nitrogen and oxygen atoms in total. The Kier molecular flexibility index (Phi) is 2.85. The van der Waals surface area contributed by atoms with Crippen molar-refractivity contribution in [3.8, 4) is 0 Å². The van der Waals surface area contributed by atoms with E-state index >= 15 is 0 Å². The van der Waals surface area contributed by atoms with Gasteiger partial charge in [-0.05, 0) is 5.57 Å². The van der Waals surface area contributed by atoms with Gasteiger partial charge in [-0.15, -0.1) is 0 Å². The van der Waals surface area contributed by atoms with Crippen LogP contribution < -0.4 is 0 Å². The van der Waals surface area contributed by atoms with Gasteiger partial charge in [-0.25, -0.2) is 0 Å². The summed E-state index contributed by atoms with van der Waals surface area (Å²) in [6.45, 7) is 1.44. The summed E-state index contributed by atoms with van der Waals surface area (Å²) in [4.78, 5) is 0. The van der Waals surface area contributed by atoms with Crippen molar-refractivity contribution in [2.45, 2.75) is 25.2 Å². The van der Waals surface area contributed by atoms with E-state index in [1.54, 1.807) is 13.0 Å². The molecule has 4 heteroatoms. The first-order valence-corrected chi connectivity index (χ1v) is 3.93. The first-order chi connectivity index (χ1) is 5.57. The van der Waals surface area contributed by atoms with Crippen LogP contribution in [0.2, 0.25) is 0 Å². The number of hydrogen-bond donors (Lipinski definition) is 4. The molecule has 1 unspecified atom stereocenters. The van der Waals surface area contributed by atoms with Gasteiger partial charge in [-0.3, -0.25) is 0 Å². The smallest absolute Gasteiger partial charge is 0.110 e. The Bertz CT molecular complexity index is 189. The van der Waals surface area contributed by atoms with E-state index in [1.165, 1.54) is 0 Å². The zero-order valence-corrected chi connectivity index (χ0v) is 6.88. The largest absolute Gasteiger partial charge is 0.392 e. The molecule has 0 aromatic rings. The van der Waals surface area contributed by atoms with Gasteiger partial charge in [-0.2, -0.15) is 0 Å². The Morgan fingerprint density at radius 1 is 1.25 bits per heavy atom. The lowest BCUT2D eigenvalue weighted by atomic mass is 9.85. The summed E-state index contributed by atoms with van der Waals surface area (Å²) in [7, 11) is 0. The molecule has 1 aliphatic rings. The fraction of sp³-hybridized carbons (Fsp3) is 0.750. The molecular formula is C8H14O4. The molecule has 0 radical (unpaired) electrons. The molecule has 0 aliphatic heterocycles. The average Bonchev–Trinajstić information content (AvgIpc) is 2.08. The molecule has 0 heterocycles. The van der Waals surface area contributed by atoms with Gasteiger partial charge < -0.3 is 20.4 Å². The van der Waals surface area contributed by atoms with Crippen molar-refractivity contribution in [2.75, 3.05) is 6.61 Å². The third-order valence-corrected chi connectivity index (χ3v) is 2.25. The maximum atomic E-state index is 9.29. The van der Waals surface area contributed by atoms with E-state index in [0.29, 0.717) is 5.57 Å². The van der Waals surface area contributed by atoms with Crippen LogP contribution in [0, 0.1) is 5.92 Å². The Balaban J connectivity index is 2.84. The average molecular weight is 174 g/mol. The lowest BCUT2D eigenvalue weighted by Crippen LogP contribution is -2.45. The van der Waals surface area contributed by atoms with E-state index in [9.17, 15) is 15.3 Å². The van der Waals surface area contributed by atoms with Crippen molar-refractivity contribution in [3.63, 3.8) is 0 Å². The third kappa shape index (κ3) is 1.51. The Labute approximate surface area is 70.8 Å². The lowest BCUT2D eigenvalue weighted by molar-refractivity contribution is -0.0699. The summed E-state index contributed by atoms with van der Waals surface area (Å²) in [6.07, 6.45) is -1.69. The van der Waals surface area contributed by atoms with Crippen LogP contribution in [0.1, 0.15) is 6.92 Å². The molecule has 0 saturated carbocycles. The van der Waals surface area contributed by atoms with Crippen molar-refractivity contribution in [3.05, 3.63) is 11.6 Å². The highest BCUT2D eigenvalue weighted by Gasteiger charge is 2.34. The quantitative estimate of drug-likeness (QED) is 0.370. The van der Waals surface area contributed by atoms with Gasteiger partial charge in [0.2, 0.25) is 0 Å². The maximum absolute atomic E-state index is 9.29. The van der Waals surface area contributed by atoms with Crippen LogP contribution >= 0.6 is 0 Å². The molecular weight excluding hydrogens is 160 g/mol. The van der Waals surface area contributed by atoms with Crippen molar-refractivity contribution < 1.29 is 20.4 Å². The second-order valence-electron chi connectivity index (χ2n) is 3.18. The molecule has 12 heavy (non-hydrogen) atoms. The predicted octanol–water partition coefficient (Wildman–Crippen LogP) is -1.36. The topological polar surface area (TPSA) is 80.9 Å². The van der Waals surface area contributed by atoms with Gasteiger partial charge in [0.25, 0.3) is 0 Å². The molecule has 0 aromatic carbocycles. The van der Waals surface area contributed by atoms with E-state index < -0.39 is 18.3 Å². The molecule has 4 atom stereocenters. The molecule has 0 bridgehead atoms. The van der Waals surface area contributed by atoms with Crippen LogP contribution in [0.5, 0.6) is 0 Å². The lowest BCUT2D eigenvalue weighted by Gasteiger charge is -2.32. The SMILES string of the molecule is C[C@H]1C=C(CO)[C@@H](O)C(O)[C@H]1O. The van der Waals surface area contributed by atoms with Crippen LogP contribution in [0.4, 0.5) is 0 Å². The molecule has 4 N–H and O–H groups in total. The molecule has 0 saturated heterocycles. The molecule has 0 spiro atoms. The first kappa shape index (κ1) is 9.67. The number of aliphatic hydroxyl groups is 4. The fourth-order valence-corrected chi connectivity index (χ4v) is 1.40. The monoisotopic (exact) mass is 174 g/mol. The highest BCUT2D eigenvalue weighted by molar-refractivity contribution is 5.18. The zero-order valence-electron chi connectivity index (χ0n) is 6.88. The third-order valence-electron chi connectivity index (χ3n) is 2.25. The number of hydrogen-bond acceptors (Lipinski definition) is 4. The van der Waals surface area contributed by atoms with Crippen molar-refractivity contribution >= 4 is 0 Å². The van der Waals surface area contributed by atoms with E-state index in [2.05, 4.69) is 0 Å². The van der Waals surface area contributed by atoms with Gasteiger partial charge in [0, 0.05) is 5.92 Å². The molecule has 70 valence electrons. The Morgan fingerprint density at radius 3 is 2.33 bits per heavy atom. The predicted molar refractivity (Wildman–Crippen MR) is 42.4 cm³/mol. The zero-order chi connectivity index (χ0) is 9.30. The molecule has 0 fully saturated rings. The second kappa shape index (κ2) is 3.53. The first-order valence-electron chi connectivity index (χ1n) is 3.93. The summed E-state index contributed by atoms with van der Waals surface area (Å²) in [5.41, 5.74) is 0.375. The maximum Gasteiger partial charge on any atom is 0.110 e. The highest BCUT2D eigenvalue weighted by Crippen LogP contribution is 2.23. The summed E-state index contributed by atoms with van der Waals surface area (Å²) in [6, 6.07) is 0. The van der Waals surface area contributed by atoms with Crippen LogP contribution in [-0.2, 0) is 0 Å². The fourth-order valence-electron chi connectivity index (χ4n) is 1.40. The summed E-state index contributed by atoms with van der Waals surface area (Å²) < 4.78 is 0.